The number of rotatable bonds is 6. The van der Waals surface area contributed by atoms with E-state index in [0.29, 0.717) is 55.3 Å². The molecule has 1 aromatic heterocycles. The van der Waals surface area contributed by atoms with Crippen LogP contribution in [-0.2, 0) is 6.54 Å². The Balaban J connectivity index is 1.37. The molecule has 1 aliphatic heterocycles. The molecule has 2 amide bonds. The van der Waals surface area contributed by atoms with Crippen LogP contribution < -0.4 is 4.74 Å². The Hall–Kier alpha value is -4.46. The average Bonchev–Trinajstić information content (AvgIpc) is 3.37. The molecule has 4 aromatic rings. The highest BCUT2D eigenvalue weighted by molar-refractivity contribution is 6.00. The van der Waals surface area contributed by atoms with Gasteiger partial charge in [-0.2, -0.15) is 5.10 Å². The first-order valence-electron chi connectivity index (χ1n) is 12.1. The molecule has 1 fully saturated rings. The van der Waals surface area contributed by atoms with Crippen molar-refractivity contribution < 1.29 is 18.7 Å². The van der Waals surface area contributed by atoms with E-state index in [1.54, 1.807) is 27.8 Å². The SMILES string of the molecule is COc1cccc(-c2nn(Cc3ccccc3)cc2C(=O)N2CCN(C(=O)c3ccc(F)cc3)CC2)c1. The second-order valence-corrected chi connectivity index (χ2v) is 8.90. The van der Waals surface area contributed by atoms with Crippen molar-refractivity contribution in [3.63, 3.8) is 0 Å². The summed E-state index contributed by atoms with van der Waals surface area (Å²) in [6.45, 7) is 2.12. The van der Waals surface area contributed by atoms with Gasteiger partial charge in [-0.15, -0.1) is 0 Å². The average molecular weight is 499 g/mol. The van der Waals surface area contributed by atoms with Crippen LogP contribution in [-0.4, -0.2) is 64.7 Å². The van der Waals surface area contributed by atoms with Gasteiger partial charge < -0.3 is 14.5 Å². The van der Waals surface area contributed by atoms with Crippen LogP contribution in [0.25, 0.3) is 11.3 Å². The molecule has 1 saturated heterocycles. The number of benzene rings is 3. The largest absolute Gasteiger partial charge is 0.497 e. The molecule has 0 saturated carbocycles. The molecule has 2 heterocycles. The number of piperazine rings is 1. The van der Waals surface area contributed by atoms with Gasteiger partial charge in [-0.25, -0.2) is 4.39 Å². The van der Waals surface area contributed by atoms with E-state index in [4.69, 9.17) is 9.84 Å². The van der Waals surface area contributed by atoms with Crippen molar-refractivity contribution >= 4 is 11.8 Å². The molecule has 0 radical (unpaired) electrons. The molecular weight excluding hydrogens is 471 g/mol. The summed E-state index contributed by atoms with van der Waals surface area (Å²) in [6, 6.07) is 23.0. The highest BCUT2D eigenvalue weighted by atomic mass is 19.1. The molecule has 0 atom stereocenters. The van der Waals surface area contributed by atoms with E-state index in [0.717, 1.165) is 11.1 Å². The number of methoxy groups -OCH3 is 1. The molecule has 37 heavy (non-hydrogen) atoms. The van der Waals surface area contributed by atoms with Crippen LogP contribution in [0.3, 0.4) is 0 Å². The van der Waals surface area contributed by atoms with Crippen LogP contribution >= 0.6 is 0 Å². The van der Waals surface area contributed by atoms with Gasteiger partial charge in [0.05, 0.1) is 19.2 Å². The van der Waals surface area contributed by atoms with Gasteiger partial charge in [0.25, 0.3) is 11.8 Å². The van der Waals surface area contributed by atoms with Crippen molar-refractivity contribution in [2.45, 2.75) is 6.54 Å². The van der Waals surface area contributed by atoms with Gasteiger partial charge >= 0.3 is 0 Å². The first kappa shape index (κ1) is 24.2. The van der Waals surface area contributed by atoms with E-state index in [1.807, 2.05) is 54.6 Å². The fourth-order valence-electron chi connectivity index (χ4n) is 4.47. The van der Waals surface area contributed by atoms with E-state index in [9.17, 15) is 14.0 Å². The molecule has 7 nitrogen and oxygen atoms in total. The summed E-state index contributed by atoms with van der Waals surface area (Å²) < 4.78 is 20.4. The summed E-state index contributed by atoms with van der Waals surface area (Å²) in [5.41, 5.74) is 3.39. The Morgan fingerprint density at radius 3 is 2.22 bits per heavy atom. The predicted octanol–water partition coefficient (Wildman–Crippen LogP) is 4.34. The number of nitrogens with zero attached hydrogens (tertiary/aromatic N) is 4. The zero-order chi connectivity index (χ0) is 25.8. The highest BCUT2D eigenvalue weighted by Crippen LogP contribution is 2.27. The molecule has 0 spiro atoms. The minimum Gasteiger partial charge on any atom is -0.497 e. The second-order valence-electron chi connectivity index (χ2n) is 8.90. The summed E-state index contributed by atoms with van der Waals surface area (Å²) in [5, 5.41) is 4.78. The Kier molecular flexibility index (Phi) is 6.98. The Labute approximate surface area is 214 Å². The van der Waals surface area contributed by atoms with E-state index in [2.05, 4.69) is 0 Å². The zero-order valence-corrected chi connectivity index (χ0v) is 20.5. The van der Waals surface area contributed by atoms with E-state index >= 15 is 0 Å². The minimum atomic E-state index is -0.383. The molecular formula is C29H27FN4O3. The Morgan fingerprint density at radius 1 is 0.865 bits per heavy atom. The van der Waals surface area contributed by atoms with E-state index in [1.165, 1.54) is 24.3 Å². The second kappa shape index (κ2) is 10.7. The van der Waals surface area contributed by atoms with Gasteiger partial charge in [0.15, 0.2) is 0 Å². The standard InChI is InChI=1S/C29H27FN4O3/c1-37-25-9-5-8-23(18-25)27-26(20-34(31-27)19-21-6-3-2-4-7-21)29(36)33-16-14-32(15-17-33)28(35)22-10-12-24(30)13-11-22/h2-13,18,20H,14-17,19H2,1H3. The first-order chi connectivity index (χ1) is 18.0. The monoisotopic (exact) mass is 498 g/mol. The molecule has 3 aromatic carbocycles. The third kappa shape index (κ3) is 5.38. The molecule has 1 aliphatic rings. The summed E-state index contributed by atoms with van der Waals surface area (Å²) in [4.78, 5) is 29.9. The third-order valence-corrected chi connectivity index (χ3v) is 6.47. The van der Waals surface area contributed by atoms with Crippen molar-refractivity contribution in [2.24, 2.45) is 0 Å². The first-order valence-corrected chi connectivity index (χ1v) is 12.1. The van der Waals surface area contributed by atoms with Crippen LogP contribution in [0.15, 0.2) is 85.1 Å². The normalized spacial score (nSPS) is 13.5. The number of halogens is 1. The lowest BCUT2D eigenvalue weighted by Crippen LogP contribution is -2.50. The summed E-state index contributed by atoms with van der Waals surface area (Å²) in [7, 11) is 1.60. The van der Waals surface area contributed by atoms with Crippen molar-refractivity contribution in [1.29, 1.82) is 0 Å². The topological polar surface area (TPSA) is 67.7 Å². The van der Waals surface area contributed by atoms with Crippen LogP contribution in [0.5, 0.6) is 5.75 Å². The molecule has 0 N–H and O–H groups in total. The molecule has 0 unspecified atom stereocenters. The zero-order valence-electron chi connectivity index (χ0n) is 20.5. The Morgan fingerprint density at radius 2 is 1.54 bits per heavy atom. The third-order valence-electron chi connectivity index (χ3n) is 6.47. The lowest BCUT2D eigenvalue weighted by molar-refractivity contribution is 0.0536. The number of aromatic nitrogens is 2. The maximum Gasteiger partial charge on any atom is 0.257 e. The number of hydrogen-bond donors (Lipinski definition) is 0. The van der Waals surface area contributed by atoms with Crippen LogP contribution in [0.2, 0.25) is 0 Å². The maximum absolute atomic E-state index is 13.7. The Bertz CT molecular complexity index is 1390. The predicted molar refractivity (Wildman–Crippen MR) is 138 cm³/mol. The number of hydrogen-bond acceptors (Lipinski definition) is 4. The van der Waals surface area contributed by atoms with Crippen LogP contribution in [0.1, 0.15) is 26.3 Å². The van der Waals surface area contributed by atoms with Gasteiger partial charge in [0.1, 0.15) is 17.3 Å². The summed E-state index contributed by atoms with van der Waals surface area (Å²) >= 11 is 0. The van der Waals surface area contributed by atoms with E-state index in [-0.39, 0.29) is 17.6 Å². The number of carbonyl (C=O) groups is 2. The molecule has 188 valence electrons. The van der Waals surface area contributed by atoms with Gasteiger partial charge in [0.2, 0.25) is 0 Å². The molecule has 8 heteroatoms. The van der Waals surface area contributed by atoms with Crippen LogP contribution in [0.4, 0.5) is 4.39 Å². The quantitative estimate of drug-likeness (QED) is 0.397. The van der Waals surface area contributed by atoms with Gasteiger partial charge in [0, 0.05) is 43.5 Å². The number of amides is 2. The van der Waals surface area contributed by atoms with Crippen molar-refractivity contribution in [3.8, 4) is 17.0 Å². The van der Waals surface area contributed by atoms with Crippen molar-refractivity contribution in [3.05, 3.63) is 108 Å². The van der Waals surface area contributed by atoms with Crippen LogP contribution in [0, 0.1) is 5.82 Å². The van der Waals surface area contributed by atoms with E-state index < -0.39 is 0 Å². The highest BCUT2D eigenvalue weighted by Gasteiger charge is 2.28. The molecule has 0 aliphatic carbocycles. The molecule has 5 rings (SSSR count). The van der Waals surface area contributed by atoms with Crippen molar-refractivity contribution in [1.82, 2.24) is 19.6 Å². The lowest BCUT2D eigenvalue weighted by Gasteiger charge is -2.34. The van der Waals surface area contributed by atoms with Gasteiger partial charge in [-0.3, -0.25) is 14.3 Å². The smallest absolute Gasteiger partial charge is 0.257 e. The van der Waals surface area contributed by atoms with Gasteiger partial charge in [-0.1, -0.05) is 42.5 Å². The summed E-state index contributed by atoms with van der Waals surface area (Å²) in [5.74, 6) is -0.00101. The fraction of sp³-hybridized carbons (Fsp3) is 0.207. The van der Waals surface area contributed by atoms with Gasteiger partial charge in [-0.05, 0) is 42.0 Å². The minimum absolute atomic E-state index is 0.133. The fourth-order valence-corrected chi connectivity index (χ4v) is 4.47. The maximum atomic E-state index is 13.7. The number of ether oxygens (including phenoxy) is 1. The number of carbonyl (C=O) groups excluding carboxylic acids is 2. The summed E-state index contributed by atoms with van der Waals surface area (Å²) in [6.07, 6.45) is 1.79. The molecule has 0 bridgehead atoms. The van der Waals surface area contributed by atoms with Crippen molar-refractivity contribution in [2.75, 3.05) is 33.3 Å². The lowest BCUT2D eigenvalue weighted by atomic mass is 10.1.